The summed E-state index contributed by atoms with van der Waals surface area (Å²) in [7, 11) is 0. The van der Waals surface area contributed by atoms with Gasteiger partial charge in [0.05, 0.1) is 17.8 Å². The maximum Gasteiger partial charge on any atom is 0.165 e. The van der Waals surface area contributed by atoms with E-state index in [-0.39, 0.29) is 6.04 Å². The molecule has 0 saturated heterocycles. The summed E-state index contributed by atoms with van der Waals surface area (Å²) >= 11 is 0. The zero-order chi connectivity index (χ0) is 18.9. The van der Waals surface area contributed by atoms with Gasteiger partial charge >= 0.3 is 0 Å². The Kier molecular flexibility index (Phi) is 4.20. The summed E-state index contributed by atoms with van der Waals surface area (Å²) in [6.45, 7) is 0. The van der Waals surface area contributed by atoms with Crippen molar-refractivity contribution in [1.29, 1.82) is 0 Å². The van der Waals surface area contributed by atoms with Gasteiger partial charge in [-0.05, 0) is 37.8 Å². The molecular weight excluding hydrogens is 352 g/mol. The summed E-state index contributed by atoms with van der Waals surface area (Å²) in [6.07, 6.45) is 9.11. The molecule has 1 aromatic carbocycles. The number of hydrogen-bond donors (Lipinski definition) is 1. The Labute approximate surface area is 161 Å². The molecule has 1 aliphatic carbocycles. The molecule has 1 fully saturated rings. The van der Waals surface area contributed by atoms with Crippen molar-refractivity contribution in [2.75, 3.05) is 5.32 Å². The third-order valence-electron chi connectivity index (χ3n) is 5.49. The summed E-state index contributed by atoms with van der Waals surface area (Å²) in [5.41, 5.74) is 3.73. The number of benzene rings is 1. The summed E-state index contributed by atoms with van der Waals surface area (Å²) in [5, 5.41) is 12.2. The number of hydrogen-bond acceptors (Lipinski definition) is 6. The van der Waals surface area contributed by atoms with E-state index in [1.54, 1.807) is 4.52 Å². The zero-order valence-electron chi connectivity index (χ0n) is 15.3. The van der Waals surface area contributed by atoms with Crippen LogP contribution in [0.1, 0.15) is 25.7 Å². The fraction of sp³-hybridized carbons (Fsp3) is 0.286. The van der Waals surface area contributed by atoms with Crippen molar-refractivity contribution in [3.63, 3.8) is 0 Å². The van der Waals surface area contributed by atoms with E-state index in [0.29, 0.717) is 6.04 Å². The minimum Gasteiger partial charge on any atom is -0.367 e. The standard InChI is InChI=1S/C21H20N6O/c28-26-16-8-6-15(7-9-16)24-19-10-12-27-21(25-19)18(13-23-27)17-5-1-3-14-4-2-11-22-20(14)17/h1-5,10-13,15-16H,6-9H2,(H,24,25). The van der Waals surface area contributed by atoms with Crippen molar-refractivity contribution in [3.05, 3.63) is 59.9 Å². The molecule has 5 rings (SSSR count). The van der Waals surface area contributed by atoms with Crippen molar-refractivity contribution < 1.29 is 0 Å². The third kappa shape index (κ3) is 2.98. The summed E-state index contributed by atoms with van der Waals surface area (Å²) in [5.74, 6) is 0.824. The highest BCUT2D eigenvalue weighted by atomic mass is 16.3. The lowest BCUT2D eigenvalue weighted by Gasteiger charge is -2.25. The quantitative estimate of drug-likeness (QED) is 0.536. The smallest absolute Gasteiger partial charge is 0.165 e. The Balaban J connectivity index is 1.49. The molecule has 3 aromatic heterocycles. The second-order valence-corrected chi connectivity index (χ2v) is 7.28. The van der Waals surface area contributed by atoms with E-state index < -0.39 is 0 Å². The highest BCUT2D eigenvalue weighted by Gasteiger charge is 2.22. The van der Waals surface area contributed by atoms with Crippen LogP contribution in [0.5, 0.6) is 0 Å². The molecule has 1 N–H and O–H groups in total. The minimum absolute atomic E-state index is 0.0335. The van der Waals surface area contributed by atoms with Crippen molar-refractivity contribution in [2.45, 2.75) is 37.8 Å². The molecule has 1 saturated carbocycles. The van der Waals surface area contributed by atoms with E-state index in [9.17, 15) is 4.91 Å². The average Bonchev–Trinajstić information content (AvgIpc) is 3.17. The maximum absolute atomic E-state index is 10.7. The highest BCUT2D eigenvalue weighted by molar-refractivity contribution is 5.96. The molecule has 0 aliphatic heterocycles. The molecule has 0 radical (unpaired) electrons. The summed E-state index contributed by atoms with van der Waals surface area (Å²) < 4.78 is 1.79. The van der Waals surface area contributed by atoms with Crippen LogP contribution in [0.3, 0.4) is 0 Å². The largest absolute Gasteiger partial charge is 0.367 e. The van der Waals surface area contributed by atoms with Gasteiger partial charge in [-0.25, -0.2) is 9.50 Å². The van der Waals surface area contributed by atoms with Gasteiger partial charge in [0.2, 0.25) is 0 Å². The van der Waals surface area contributed by atoms with Crippen LogP contribution in [0.25, 0.3) is 27.7 Å². The van der Waals surface area contributed by atoms with Gasteiger partial charge < -0.3 is 5.32 Å². The maximum atomic E-state index is 10.7. The molecule has 0 spiro atoms. The second-order valence-electron chi connectivity index (χ2n) is 7.28. The van der Waals surface area contributed by atoms with Crippen LogP contribution in [-0.4, -0.2) is 31.7 Å². The fourth-order valence-electron chi connectivity index (χ4n) is 4.00. The van der Waals surface area contributed by atoms with E-state index >= 15 is 0 Å². The molecule has 7 heteroatoms. The van der Waals surface area contributed by atoms with Gasteiger partial charge in [-0.2, -0.15) is 10.0 Å². The van der Waals surface area contributed by atoms with Crippen LogP contribution >= 0.6 is 0 Å². The van der Waals surface area contributed by atoms with Gasteiger partial charge in [0, 0.05) is 34.9 Å². The van der Waals surface area contributed by atoms with E-state index in [1.807, 2.05) is 36.8 Å². The first-order valence-corrected chi connectivity index (χ1v) is 9.59. The lowest BCUT2D eigenvalue weighted by atomic mass is 9.92. The predicted octanol–water partition coefficient (Wildman–Crippen LogP) is 4.43. The molecule has 4 aromatic rings. The lowest BCUT2D eigenvalue weighted by Crippen LogP contribution is -2.27. The molecule has 0 unspecified atom stereocenters. The predicted molar refractivity (Wildman–Crippen MR) is 109 cm³/mol. The second kappa shape index (κ2) is 6.99. The number of nitroso groups, excluding NO2 is 1. The van der Waals surface area contributed by atoms with Crippen LogP contribution in [0, 0.1) is 4.91 Å². The molecule has 0 atom stereocenters. The Bertz CT molecular complexity index is 1140. The molecule has 28 heavy (non-hydrogen) atoms. The number of fused-ring (bicyclic) bond motifs is 2. The van der Waals surface area contributed by atoms with Crippen LogP contribution in [0.15, 0.2) is 60.2 Å². The monoisotopic (exact) mass is 372 g/mol. The molecule has 140 valence electrons. The Morgan fingerprint density at radius 2 is 1.89 bits per heavy atom. The first kappa shape index (κ1) is 16.8. The van der Waals surface area contributed by atoms with E-state index in [2.05, 4.69) is 38.8 Å². The van der Waals surface area contributed by atoms with Crippen molar-refractivity contribution in [2.24, 2.45) is 5.18 Å². The minimum atomic E-state index is -0.0335. The van der Waals surface area contributed by atoms with Crippen molar-refractivity contribution >= 4 is 22.4 Å². The summed E-state index contributed by atoms with van der Waals surface area (Å²) in [4.78, 5) is 20.1. The SMILES string of the molecule is O=NC1CCC(Nc2ccn3ncc(-c4cccc5cccnc45)c3n2)CC1. The van der Waals surface area contributed by atoms with Gasteiger partial charge in [0.1, 0.15) is 5.82 Å². The van der Waals surface area contributed by atoms with Gasteiger partial charge in [-0.15, -0.1) is 0 Å². The van der Waals surface area contributed by atoms with E-state index in [0.717, 1.165) is 59.2 Å². The molecule has 3 heterocycles. The van der Waals surface area contributed by atoms with E-state index in [1.165, 1.54) is 0 Å². The van der Waals surface area contributed by atoms with E-state index in [4.69, 9.17) is 4.98 Å². The first-order valence-electron chi connectivity index (χ1n) is 9.59. The van der Waals surface area contributed by atoms with Gasteiger partial charge in [-0.1, -0.05) is 29.4 Å². The van der Waals surface area contributed by atoms with Crippen molar-refractivity contribution in [3.8, 4) is 11.1 Å². The number of nitrogens with one attached hydrogen (secondary N) is 1. The van der Waals surface area contributed by atoms with Gasteiger partial charge in [0.25, 0.3) is 0 Å². The molecule has 1 aliphatic rings. The molecule has 7 nitrogen and oxygen atoms in total. The first-order chi connectivity index (χ1) is 13.8. The van der Waals surface area contributed by atoms with Crippen LogP contribution < -0.4 is 5.32 Å². The average molecular weight is 372 g/mol. The molecular formula is C21H20N6O. The third-order valence-corrected chi connectivity index (χ3v) is 5.49. The highest BCUT2D eigenvalue weighted by Crippen LogP contribution is 2.30. The summed E-state index contributed by atoms with van der Waals surface area (Å²) in [6, 6.07) is 12.4. The van der Waals surface area contributed by atoms with Crippen LogP contribution in [-0.2, 0) is 0 Å². The zero-order valence-corrected chi connectivity index (χ0v) is 15.3. The topological polar surface area (TPSA) is 84.5 Å². The number of anilines is 1. The fourth-order valence-corrected chi connectivity index (χ4v) is 4.00. The number of nitrogens with zero attached hydrogens (tertiary/aromatic N) is 5. The Morgan fingerprint density at radius 1 is 1.04 bits per heavy atom. The normalized spacial score (nSPS) is 19.7. The number of pyridine rings is 1. The Hall–Kier alpha value is -3.35. The van der Waals surface area contributed by atoms with Crippen molar-refractivity contribution in [1.82, 2.24) is 19.6 Å². The van der Waals surface area contributed by atoms with Crippen LogP contribution in [0.4, 0.5) is 5.82 Å². The molecule has 0 amide bonds. The number of rotatable bonds is 4. The van der Waals surface area contributed by atoms with Gasteiger partial charge in [0.15, 0.2) is 5.65 Å². The number of para-hydroxylation sites is 1. The van der Waals surface area contributed by atoms with Gasteiger partial charge in [-0.3, -0.25) is 4.98 Å². The Morgan fingerprint density at radius 3 is 2.75 bits per heavy atom. The lowest BCUT2D eigenvalue weighted by molar-refractivity contribution is 0.410. The molecule has 0 bridgehead atoms. The van der Waals surface area contributed by atoms with Crippen LogP contribution in [0.2, 0.25) is 0 Å². The number of aromatic nitrogens is 4.